The van der Waals surface area contributed by atoms with Crippen LogP contribution in [0.15, 0.2) is 24.7 Å². The minimum atomic E-state index is -0.549. The predicted molar refractivity (Wildman–Crippen MR) is 110 cm³/mol. The van der Waals surface area contributed by atoms with Gasteiger partial charge in [-0.3, -0.25) is 14.8 Å². The van der Waals surface area contributed by atoms with E-state index in [0.29, 0.717) is 31.9 Å². The third-order valence-corrected chi connectivity index (χ3v) is 4.93. The lowest BCUT2D eigenvalue weighted by Crippen LogP contribution is -2.48. The van der Waals surface area contributed by atoms with Crippen molar-refractivity contribution < 1.29 is 14.3 Å². The second kappa shape index (κ2) is 8.41. The molecule has 2 aromatic heterocycles. The Morgan fingerprint density at radius 3 is 2.68 bits per heavy atom. The third kappa shape index (κ3) is 4.97. The minimum Gasteiger partial charge on any atom is -0.382 e. The van der Waals surface area contributed by atoms with E-state index in [1.54, 1.807) is 18.6 Å². The van der Waals surface area contributed by atoms with Crippen molar-refractivity contribution >= 4 is 28.2 Å². The van der Waals surface area contributed by atoms with E-state index in [0.717, 1.165) is 29.4 Å². The molecule has 0 bridgehead atoms. The summed E-state index contributed by atoms with van der Waals surface area (Å²) in [4.78, 5) is 20.9. The Morgan fingerprint density at radius 2 is 1.96 bits per heavy atom. The number of anilines is 2. The average molecular weight is 386 g/mol. The number of fused-ring (bicyclic) bond motifs is 1. The highest BCUT2D eigenvalue weighted by Gasteiger charge is 2.36. The van der Waals surface area contributed by atoms with Crippen LogP contribution in [0.2, 0.25) is 0 Å². The zero-order valence-corrected chi connectivity index (χ0v) is 17.2. The number of nitrogens with zero attached hydrogens (tertiary/aromatic N) is 2. The molecular formula is C21H30N4O3. The van der Waals surface area contributed by atoms with Crippen LogP contribution < -0.4 is 10.6 Å². The standard InChI is InChI=1S/C21H30N4O3/c1-5-6-7-18(26)25-17-11-23-16-10-22-9-8-15(16)19(17)24-12-21(4)13-27-20(2,3)28-14-21/h8-11H,5-7,12-14H2,1-4H3,(H,23,24)(H,25,26). The number of pyridine rings is 2. The maximum Gasteiger partial charge on any atom is 0.224 e. The largest absolute Gasteiger partial charge is 0.382 e. The molecule has 0 unspecified atom stereocenters. The summed E-state index contributed by atoms with van der Waals surface area (Å²) in [7, 11) is 0. The van der Waals surface area contributed by atoms with Crippen molar-refractivity contribution in [3.05, 3.63) is 24.7 Å². The zero-order chi connectivity index (χ0) is 20.2. The van der Waals surface area contributed by atoms with Gasteiger partial charge >= 0.3 is 0 Å². The summed E-state index contributed by atoms with van der Waals surface area (Å²) in [5.74, 6) is -0.551. The normalized spacial score (nSPS) is 18.0. The maximum absolute atomic E-state index is 12.3. The van der Waals surface area contributed by atoms with Gasteiger partial charge in [-0.2, -0.15) is 0 Å². The van der Waals surface area contributed by atoms with Gasteiger partial charge in [-0.05, 0) is 26.3 Å². The van der Waals surface area contributed by atoms with Crippen LogP contribution in [0.4, 0.5) is 11.4 Å². The van der Waals surface area contributed by atoms with Gasteiger partial charge in [0.1, 0.15) is 0 Å². The first-order valence-electron chi connectivity index (χ1n) is 9.86. The smallest absolute Gasteiger partial charge is 0.224 e. The van der Waals surface area contributed by atoms with Crippen molar-refractivity contribution in [1.29, 1.82) is 0 Å². The molecule has 1 saturated heterocycles. The number of carbonyl (C=O) groups excluding carboxylic acids is 1. The van der Waals surface area contributed by atoms with Gasteiger partial charge < -0.3 is 20.1 Å². The van der Waals surface area contributed by atoms with E-state index in [4.69, 9.17) is 9.47 Å². The van der Waals surface area contributed by atoms with Crippen LogP contribution >= 0.6 is 0 Å². The molecule has 0 aromatic carbocycles. The van der Waals surface area contributed by atoms with Gasteiger partial charge in [-0.25, -0.2) is 0 Å². The fourth-order valence-corrected chi connectivity index (χ4v) is 3.06. The van der Waals surface area contributed by atoms with Crippen LogP contribution in [0.5, 0.6) is 0 Å². The average Bonchev–Trinajstić information content (AvgIpc) is 2.68. The van der Waals surface area contributed by atoms with Crippen LogP contribution in [-0.2, 0) is 14.3 Å². The number of hydrogen-bond donors (Lipinski definition) is 2. The van der Waals surface area contributed by atoms with Crippen LogP contribution in [0, 0.1) is 5.41 Å². The first-order chi connectivity index (χ1) is 13.3. The summed E-state index contributed by atoms with van der Waals surface area (Å²) in [5, 5.41) is 7.44. The van der Waals surface area contributed by atoms with Crippen LogP contribution in [0.25, 0.3) is 10.9 Å². The van der Waals surface area contributed by atoms with Crippen molar-refractivity contribution in [1.82, 2.24) is 9.97 Å². The maximum atomic E-state index is 12.3. The number of aromatic nitrogens is 2. The number of hydrogen-bond acceptors (Lipinski definition) is 6. The van der Waals surface area contributed by atoms with Crippen LogP contribution in [0.3, 0.4) is 0 Å². The van der Waals surface area contributed by atoms with E-state index >= 15 is 0 Å². The molecule has 3 rings (SSSR count). The van der Waals surface area contributed by atoms with Crippen molar-refractivity contribution in [2.45, 2.75) is 52.7 Å². The van der Waals surface area contributed by atoms with Crippen LogP contribution in [0.1, 0.15) is 47.0 Å². The number of amides is 1. The highest BCUT2D eigenvalue weighted by atomic mass is 16.7. The molecule has 0 aliphatic carbocycles. The van der Waals surface area contributed by atoms with Crippen molar-refractivity contribution in [2.75, 3.05) is 30.4 Å². The molecule has 0 radical (unpaired) electrons. The molecule has 1 fully saturated rings. The van der Waals surface area contributed by atoms with E-state index < -0.39 is 5.79 Å². The van der Waals surface area contributed by atoms with Crippen molar-refractivity contribution in [3.63, 3.8) is 0 Å². The molecule has 28 heavy (non-hydrogen) atoms. The van der Waals surface area contributed by atoms with Gasteiger partial charge in [0.05, 0.1) is 42.5 Å². The van der Waals surface area contributed by atoms with E-state index in [2.05, 4.69) is 34.4 Å². The predicted octanol–water partition coefficient (Wildman–Crippen LogP) is 3.96. The summed E-state index contributed by atoms with van der Waals surface area (Å²) in [6.45, 7) is 9.87. The Kier molecular flexibility index (Phi) is 6.15. The first kappa shape index (κ1) is 20.5. The lowest BCUT2D eigenvalue weighted by Gasteiger charge is -2.41. The van der Waals surface area contributed by atoms with Gasteiger partial charge in [0.2, 0.25) is 5.91 Å². The Bertz CT molecular complexity index is 828. The molecule has 1 aliphatic heterocycles. The lowest BCUT2D eigenvalue weighted by molar-refractivity contribution is -0.279. The minimum absolute atomic E-state index is 0.00241. The summed E-state index contributed by atoms with van der Waals surface area (Å²) >= 11 is 0. The highest BCUT2D eigenvalue weighted by Crippen LogP contribution is 2.33. The zero-order valence-electron chi connectivity index (χ0n) is 17.2. The molecule has 0 spiro atoms. The molecule has 152 valence electrons. The summed E-state index contributed by atoms with van der Waals surface area (Å²) in [6, 6.07) is 1.91. The molecule has 0 atom stereocenters. The van der Waals surface area contributed by atoms with E-state index in [1.807, 2.05) is 19.9 Å². The molecule has 1 aliphatic rings. The topological polar surface area (TPSA) is 85.4 Å². The molecule has 7 heteroatoms. The monoisotopic (exact) mass is 386 g/mol. The second-order valence-corrected chi connectivity index (χ2v) is 8.23. The summed E-state index contributed by atoms with van der Waals surface area (Å²) in [5.41, 5.74) is 2.13. The fourth-order valence-electron chi connectivity index (χ4n) is 3.06. The van der Waals surface area contributed by atoms with Gasteiger partial charge in [-0.15, -0.1) is 0 Å². The summed E-state index contributed by atoms with van der Waals surface area (Å²) < 4.78 is 11.7. The number of nitrogens with one attached hydrogen (secondary N) is 2. The molecule has 3 heterocycles. The van der Waals surface area contributed by atoms with Gasteiger partial charge in [0, 0.05) is 30.0 Å². The number of ether oxygens (including phenoxy) is 2. The Balaban J connectivity index is 1.81. The molecule has 2 N–H and O–H groups in total. The molecule has 1 amide bonds. The van der Waals surface area contributed by atoms with Gasteiger partial charge in [0.25, 0.3) is 0 Å². The molecule has 2 aromatic rings. The lowest BCUT2D eigenvalue weighted by atomic mass is 9.91. The van der Waals surface area contributed by atoms with Gasteiger partial charge in [0.15, 0.2) is 5.79 Å². The quantitative estimate of drug-likeness (QED) is 0.749. The number of unbranched alkanes of at least 4 members (excludes halogenated alkanes) is 1. The Labute approximate surface area is 166 Å². The van der Waals surface area contributed by atoms with Gasteiger partial charge in [-0.1, -0.05) is 20.3 Å². The molecular weight excluding hydrogens is 356 g/mol. The number of rotatable bonds is 7. The summed E-state index contributed by atoms with van der Waals surface area (Å²) in [6.07, 6.45) is 7.49. The molecule has 0 saturated carbocycles. The Hall–Kier alpha value is -2.25. The first-order valence-corrected chi connectivity index (χ1v) is 9.86. The SMILES string of the molecule is CCCCC(=O)Nc1cnc2cnccc2c1NCC1(C)COC(C)(C)OC1. The van der Waals surface area contributed by atoms with Crippen molar-refractivity contribution in [2.24, 2.45) is 5.41 Å². The van der Waals surface area contributed by atoms with E-state index in [9.17, 15) is 4.79 Å². The molecule has 7 nitrogen and oxygen atoms in total. The van der Waals surface area contributed by atoms with E-state index in [1.165, 1.54) is 0 Å². The third-order valence-electron chi connectivity index (χ3n) is 4.93. The van der Waals surface area contributed by atoms with Crippen LogP contribution in [-0.4, -0.2) is 41.4 Å². The fraction of sp³-hybridized carbons (Fsp3) is 0.571. The second-order valence-electron chi connectivity index (χ2n) is 8.23. The van der Waals surface area contributed by atoms with Crippen molar-refractivity contribution in [3.8, 4) is 0 Å². The van der Waals surface area contributed by atoms with E-state index in [-0.39, 0.29) is 11.3 Å². The number of carbonyl (C=O) groups is 1. The highest BCUT2D eigenvalue weighted by molar-refractivity contribution is 6.02. The Morgan fingerprint density at radius 1 is 1.21 bits per heavy atom.